The van der Waals surface area contributed by atoms with E-state index in [9.17, 15) is 14.4 Å². The van der Waals surface area contributed by atoms with Gasteiger partial charge in [-0.05, 0) is 60.6 Å². The summed E-state index contributed by atoms with van der Waals surface area (Å²) in [5.41, 5.74) is 2.68. The summed E-state index contributed by atoms with van der Waals surface area (Å²) in [6.45, 7) is 6.02. The average Bonchev–Trinajstić information content (AvgIpc) is 3.13. The van der Waals surface area contributed by atoms with Crippen molar-refractivity contribution < 1.29 is 19.1 Å². The number of carbonyl (C=O) groups is 3. The molecule has 4 amide bonds. The third-order valence-corrected chi connectivity index (χ3v) is 5.36. The van der Waals surface area contributed by atoms with Gasteiger partial charge in [0.15, 0.2) is 0 Å². The number of barbiturate groups is 1. The van der Waals surface area contributed by atoms with E-state index < -0.39 is 17.8 Å². The van der Waals surface area contributed by atoms with Crippen molar-refractivity contribution in [3.05, 3.63) is 34.4 Å². The Hall–Kier alpha value is -2.63. The number of ether oxygens (including phenoxy) is 1. The lowest BCUT2D eigenvalue weighted by Gasteiger charge is -2.31. The van der Waals surface area contributed by atoms with Crippen molar-refractivity contribution in [2.45, 2.75) is 58.4 Å². The number of hydrogen-bond acceptors (Lipinski definition) is 4. The Bertz CT molecular complexity index is 820. The largest absolute Gasteiger partial charge is 0.496 e. The number of carbonyl (C=O) groups excluding carboxylic acids is 3. The molecule has 1 N–H and O–H groups in total. The zero-order chi connectivity index (χ0) is 19.7. The van der Waals surface area contributed by atoms with Gasteiger partial charge in [-0.1, -0.05) is 26.7 Å². The first-order valence-corrected chi connectivity index (χ1v) is 9.42. The number of nitrogens with zero attached hydrogens (tertiary/aromatic N) is 1. The van der Waals surface area contributed by atoms with Gasteiger partial charge in [-0.2, -0.15) is 0 Å². The standard InChI is InChI=1S/C21H26N2O4/c1-12(2)16-10-14(13(3)9-18(16)27-4)11-17-19(24)22-21(26)23(20(17)25)15-7-5-6-8-15/h9-12,15H,5-8H2,1-4H3,(H,22,24,26)/b17-11+. The highest BCUT2D eigenvalue weighted by Crippen LogP contribution is 2.32. The van der Waals surface area contributed by atoms with Crippen LogP contribution in [0.25, 0.3) is 6.08 Å². The number of hydrogen-bond donors (Lipinski definition) is 1. The fourth-order valence-corrected chi connectivity index (χ4v) is 3.82. The lowest BCUT2D eigenvalue weighted by molar-refractivity contribution is -0.131. The molecule has 1 aliphatic heterocycles. The second kappa shape index (κ2) is 7.55. The highest BCUT2D eigenvalue weighted by atomic mass is 16.5. The third kappa shape index (κ3) is 3.61. The molecule has 0 bridgehead atoms. The number of benzene rings is 1. The van der Waals surface area contributed by atoms with Crippen LogP contribution in [-0.2, 0) is 9.59 Å². The molecule has 27 heavy (non-hydrogen) atoms. The molecule has 0 unspecified atom stereocenters. The molecule has 1 heterocycles. The van der Waals surface area contributed by atoms with Gasteiger partial charge < -0.3 is 4.74 Å². The molecule has 6 nitrogen and oxygen atoms in total. The maximum Gasteiger partial charge on any atom is 0.331 e. The molecule has 0 radical (unpaired) electrons. The van der Waals surface area contributed by atoms with Gasteiger partial charge in [-0.3, -0.25) is 19.8 Å². The van der Waals surface area contributed by atoms with Gasteiger partial charge >= 0.3 is 6.03 Å². The smallest absolute Gasteiger partial charge is 0.331 e. The number of urea groups is 1. The van der Waals surface area contributed by atoms with E-state index in [1.807, 2.05) is 19.1 Å². The molecule has 1 aliphatic carbocycles. The Morgan fingerprint density at radius 2 is 1.85 bits per heavy atom. The van der Waals surface area contributed by atoms with Crippen molar-refractivity contribution >= 4 is 23.9 Å². The molecule has 1 saturated carbocycles. The van der Waals surface area contributed by atoms with Crippen LogP contribution in [-0.4, -0.2) is 35.9 Å². The minimum absolute atomic E-state index is 0.00414. The summed E-state index contributed by atoms with van der Waals surface area (Å²) < 4.78 is 5.45. The number of imide groups is 2. The van der Waals surface area contributed by atoms with Crippen molar-refractivity contribution in [1.29, 1.82) is 0 Å². The quantitative estimate of drug-likeness (QED) is 0.650. The van der Waals surface area contributed by atoms with Gasteiger partial charge in [0.25, 0.3) is 11.8 Å². The van der Waals surface area contributed by atoms with Gasteiger partial charge in [0.1, 0.15) is 11.3 Å². The Morgan fingerprint density at radius 3 is 2.44 bits per heavy atom. The molecule has 0 spiro atoms. The predicted octanol–water partition coefficient (Wildman–Crippen LogP) is 3.53. The monoisotopic (exact) mass is 370 g/mol. The summed E-state index contributed by atoms with van der Waals surface area (Å²) in [7, 11) is 1.63. The van der Waals surface area contributed by atoms with E-state index in [4.69, 9.17) is 4.74 Å². The Kier molecular flexibility index (Phi) is 5.35. The minimum Gasteiger partial charge on any atom is -0.496 e. The number of aryl methyl sites for hydroxylation is 1. The fourth-order valence-electron chi connectivity index (χ4n) is 3.82. The second-order valence-electron chi connectivity index (χ2n) is 7.54. The normalized spacial score (nSPS) is 20.0. The van der Waals surface area contributed by atoms with Crippen LogP contribution >= 0.6 is 0 Å². The lowest BCUT2D eigenvalue weighted by atomic mass is 9.94. The summed E-state index contributed by atoms with van der Waals surface area (Å²) in [5.74, 6) is -0.130. The van der Waals surface area contributed by atoms with Gasteiger partial charge in [-0.25, -0.2) is 4.79 Å². The first kappa shape index (κ1) is 19.1. The van der Waals surface area contributed by atoms with E-state index in [2.05, 4.69) is 19.2 Å². The molecule has 2 fully saturated rings. The van der Waals surface area contributed by atoms with E-state index in [1.54, 1.807) is 13.2 Å². The minimum atomic E-state index is -0.638. The predicted molar refractivity (Wildman–Crippen MR) is 102 cm³/mol. The molecule has 1 saturated heterocycles. The van der Waals surface area contributed by atoms with E-state index >= 15 is 0 Å². The fraction of sp³-hybridized carbons (Fsp3) is 0.476. The van der Waals surface area contributed by atoms with Crippen LogP contribution in [0.2, 0.25) is 0 Å². The first-order chi connectivity index (χ1) is 12.8. The maximum atomic E-state index is 12.9. The third-order valence-electron chi connectivity index (χ3n) is 5.36. The van der Waals surface area contributed by atoms with Crippen LogP contribution in [0.5, 0.6) is 5.75 Å². The van der Waals surface area contributed by atoms with Gasteiger partial charge in [0.2, 0.25) is 0 Å². The average molecular weight is 370 g/mol. The zero-order valence-corrected chi connectivity index (χ0v) is 16.3. The Labute approximate surface area is 159 Å². The van der Waals surface area contributed by atoms with Gasteiger partial charge in [0, 0.05) is 6.04 Å². The maximum absolute atomic E-state index is 12.9. The molecule has 144 valence electrons. The lowest BCUT2D eigenvalue weighted by Crippen LogP contribution is -2.57. The molecular weight excluding hydrogens is 344 g/mol. The summed E-state index contributed by atoms with van der Waals surface area (Å²) in [5, 5.41) is 2.32. The van der Waals surface area contributed by atoms with E-state index in [0.717, 1.165) is 48.1 Å². The van der Waals surface area contributed by atoms with Crippen molar-refractivity contribution in [3.8, 4) is 5.75 Å². The highest BCUT2D eigenvalue weighted by Gasteiger charge is 2.40. The highest BCUT2D eigenvalue weighted by molar-refractivity contribution is 6.31. The SMILES string of the molecule is COc1cc(C)c(/C=C2\C(=O)NC(=O)N(C3CCCC3)C2=O)cc1C(C)C. The van der Waals surface area contributed by atoms with Gasteiger partial charge in [-0.15, -0.1) is 0 Å². The van der Waals surface area contributed by atoms with Crippen molar-refractivity contribution in [2.24, 2.45) is 0 Å². The van der Waals surface area contributed by atoms with E-state index in [-0.39, 0.29) is 17.5 Å². The van der Waals surface area contributed by atoms with Gasteiger partial charge in [0.05, 0.1) is 7.11 Å². The molecule has 1 aromatic rings. The number of amides is 4. The number of nitrogens with one attached hydrogen (secondary N) is 1. The number of methoxy groups -OCH3 is 1. The second-order valence-corrected chi connectivity index (χ2v) is 7.54. The van der Waals surface area contributed by atoms with Crippen molar-refractivity contribution in [3.63, 3.8) is 0 Å². The molecule has 0 aromatic heterocycles. The van der Waals surface area contributed by atoms with E-state index in [0.29, 0.717) is 0 Å². The zero-order valence-electron chi connectivity index (χ0n) is 16.3. The molecule has 6 heteroatoms. The van der Waals surface area contributed by atoms with Crippen molar-refractivity contribution in [2.75, 3.05) is 7.11 Å². The summed E-state index contributed by atoms with van der Waals surface area (Å²) in [6.07, 6.45) is 5.15. The van der Waals surface area contributed by atoms with Crippen molar-refractivity contribution in [1.82, 2.24) is 10.2 Å². The van der Waals surface area contributed by atoms with Crippen LogP contribution in [0.1, 0.15) is 62.1 Å². The summed E-state index contributed by atoms with van der Waals surface area (Å²) in [6, 6.07) is 3.12. The molecule has 0 atom stereocenters. The topological polar surface area (TPSA) is 75.7 Å². The first-order valence-electron chi connectivity index (χ1n) is 9.42. The molecule has 3 rings (SSSR count). The van der Waals surface area contributed by atoms with E-state index in [1.165, 1.54) is 4.90 Å². The van der Waals surface area contributed by atoms with Crippen LogP contribution in [0.4, 0.5) is 4.79 Å². The Morgan fingerprint density at radius 1 is 1.19 bits per heavy atom. The molecule has 1 aromatic carbocycles. The molecule has 2 aliphatic rings. The van der Waals surface area contributed by atoms with Crippen LogP contribution in [0.3, 0.4) is 0 Å². The summed E-state index contributed by atoms with van der Waals surface area (Å²) in [4.78, 5) is 38.8. The number of rotatable bonds is 4. The van der Waals surface area contributed by atoms with Crippen LogP contribution in [0.15, 0.2) is 17.7 Å². The summed E-state index contributed by atoms with van der Waals surface area (Å²) >= 11 is 0. The van der Waals surface area contributed by atoms with Crippen LogP contribution < -0.4 is 10.1 Å². The Balaban J connectivity index is 2.02. The molecular formula is C21H26N2O4. The van der Waals surface area contributed by atoms with Crippen LogP contribution in [0, 0.1) is 6.92 Å².